The molecule has 0 aromatic heterocycles. The Labute approximate surface area is 171 Å². The van der Waals surface area contributed by atoms with Crippen LogP contribution in [0.3, 0.4) is 0 Å². The quantitative estimate of drug-likeness (QED) is 0.419. The van der Waals surface area contributed by atoms with Crippen molar-refractivity contribution in [2.45, 2.75) is 12.5 Å². The highest BCUT2D eigenvalue weighted by atomic mass is 79.9. The largest absolute Gasteiger partial charge is 0.256 e. The molecule has 3 aromatic carbocycles. The van der Waals surface area contributed by atoms with E-state index in [1.54, 1.807) is 0 Å². The van der Waals surface area contributed by atoms with Crippen molar-refractivity contribution in [1.82, 2.24) is 0 Å². The van der Waals surface area contributed by atoms with Gasteiger partial charge in [0.2, 0.25) is 0 Å². The van der Waals surface area contributed by atoms with Crippen LogP contribution in [-0.2, 0) is 0 Å². The van der Waals surface area contributed by atoms with Crippen LogP contribution in [0.2, 0.25) is 10.0 Å². The van der Waals surface area contributed by atoms with Crippen molar-refractivity contribution in [1.29, 1.82) is 0 Å². The van der Waals surface area contributed by atoms with Crippen LogP contribution < -0.4 is 5.01 Å². The molecule has 1 aliphatic heterocycles. The molecule has 0 spiro atoms. The number of anilines is 1. The molecule has 0 unspecified atom stereocenters. The van der Waals surface area contributed by atoms with Crippen molar-refractivity contribution in [3.63, 3.8) is 0 Å². The highest BCUT2D eigenvalue weighted by Crippen LogP contribution is 2.39. The first-order valence-corrected chi connectivity index (χ1v) is 9.79. The van der Waals surface area contributed by atoms with Gasteiger partial charge in [-0.2, -0.15) is 5.10 Å². The topological polar surface area (TPSA) is 15.6 Å². The highest BCUT2D eigenvalue weighted by Gasteiger charge is 2.30. The molecule has 0 aliphatic carbocycles. The van der Waals surface area contributed by atoms with Gasteiger partial charge in [-0.3, -0.25) is 5.01 Å². The third-order valence-corrected chi connectivity index (χ3v) is 5.54. The third-order valence-electron chi connectivity index (χ3n) is 4.44. The fourth-order valence-corrected chi connectivity index (χ4v) is 3.74. The average molecular weight is 446 g/mol. The molecule has 0 N–H and O–H groups in total. The minimum Gasteiger partial charge on any atom is -0.256 e. The van der Waals surface area contributed by atoms with E-state index in [1.165, 1.54) is 5.56 Å². The van der Waals surface area contributed by atoms with E-state index >= 15 is 0 Å². The van der Waals surface area contributed by atoms with Gasteiger partial charge in [0, 0.05) is 15.9 Å². The predicted molar refractivity (Wildman–Crippen MR) is 113 cm³/mol. The maximum atomic E-state index is 6.46. The summed E-state index contributed by atoms with van der Waals surface area (Å²) in [6.07, 6.45) is 0.800. The average Bonchev–Trinajstić information content (AvgIpc) is 3.08. The molecule has 1 aliphatic rings. The lowest BCUT2D eigenvalue weighted by Crippen LogP contribution is -2.18. The monoisotopic (exact) mass is 444 g/mol. The number of para-hydroxylation sites is 1. The fraction of sp³-hybridized carbons (Fsp3) is 0.0952. The van der Waals surface area contributed by atoms with E-state index in [0.29, 0.717) is 5.02 Å². The normalized spacial score (nSPS) is 16.7. The first-order chi connectivity index (χ1) is 12.6. The van der Waals surface area contributed by atoms with Gasteiger partial charge >= 0.3 is 0 Å². The Morgan fingerprint density at radius 3 is 2.27 bits per heavy atom. The van der Waals surface area contributed by atoms with Crippen molar-refractivity contribution in [2.75, 3.05) is 5.01 Å². The lowest BCUT2D eigenvalue weighted by molar-refractivity contribution is 0.709. The molecule has 26 heavy (non-hydrogen) atoms. The van der Waals surface area contributed by atoms with Crippen LogP contribution in [0.5, 0.6) is 0 Å². The van der Waals surface area contributed by atoms with Crippen LogP contribution in [0.4, 0.5) is 5.69 Å². The molecule has 5 heteroatoms. The molecule has 0 amide bonds. The van der Waals surface area contributed by atoms with Gasteiger partial charge in [-0.25, -0.2) is 0 Å². The molecule has 1 atom stereocenters. The number of halogens is 3. The Kier molecular flexibility index (Phi) is 5.03. The molecule has 0 saturated carbocycles. The van der Waals surface area contributed by atoms with Crippen molar-refractivity contribution >= 4 is 50.5 Å². The number of benzene rings is 3. The van der Waals surface area contributed by atoms with Gasteiger partial charge in [-0.05, 0) is 47.5 Å². The number of hydrogen-bond donors (Lipinski definition) is 0. The Balaban J connectivity index is 1.77. The van der Waals surface area contributed by atoms with E-state index in [9.17, 15) is 0 Å². The van der Waals surface area contributed by atoms with Crippen LogP contribution in [0.15, 0.2) is 82.4 Å². The summed E-state index contributed by atoms with van der Waals surface area (Å²) >= 11 is 16.0. The minimum absolute atomic E-state index is 0.0914. The Morgan fingerprint density at radius 2 is 1.58 bits per heavy atom. The summed E-state index contributed by atoms with van der Waals surface area (Å²) in [6.45, 7) is 0. The van der Waals surface area contributed by atoms with Crippen LogP contribution in [0.1, 0.15) is 23.6 Å². The molecule has 1 heterocycles. The van der Waals surface area contributed by atoms with Crippen LogP contribution in [0.25, 0.3) is 0 Å². The highest BCUT2D eigenvalue weighted by molar-refractivity contribution is 9.10. The molecule has 0 radical (unpaired) electrons. The SMILES string of the molecule is Clc1ccc(C2=NN(c3ccccc3Cl)[C@@H](c3ccc(Br)cc3)C2)cc1. The number of hydrogen-bond acceptors (Lipinski definition) is 2. The summed E-state index contributed by atoms with van der Waals surface area (Å²) in [5.74, 6) is 0. The Hall–Kier alpha value is -1.81. The van der Waals surface area contributed by atoms with Crippen LogP contribution in [0, 0.1) is 0 Å². The molecule has 0 saturated heterocycles. The summed E-state index contributed by atoms with van der Waals surface area (Å²) in [6, 6.07) is 24.1. The standard InChI is InChI=1S/C21H15BrCl2N2/c22-16-9-5-15(6-10-16)21-13-19(14-7-11-17(23)12-8-14)25-26(21)20-4-2-1-3-18(20)24/h1-12,21H,13H2/t21-/m1/s1. The van der Waals surface area contributed by atoms with Gasteiger partial charge in [-0.15, -0.1) is 0 Å². The van der Waals surface area contributed by atoms with Crippen LogP contribution in [-0.4, -0.2) is 5.71 Å². The zero-order chi connectivity index (χ0) is 18.1. The first-order valence-electron chi connectivity index (χ1n) is 8.24. The molecule has 3 aromatic rings. The second-order valence-corrected chi connectivity index (χ2v) is 7.88. The molecule has 2 nitrogen and oxygen atoms in total. The maximum absolute atomic E-state index is 6.46. The molecular weight excluding hydrogens is 431 g/mol. The van der Waals surface area contributed by atoms with Crippen molar-refractivity contribution in [2.24, 2.45) is 5.10 Å². The second kappa shape index (κ2) is 7.43. The maximum Gasteiger partial charge on any atom is 0.0832 e. The van der Waals surface area contributed by atoms with E-state index < -0.39 is 0 Å². The Morgan fingerprint density at radius 1 is 0.885 bits per heavy atom. The van der Waals surface area contributed by atoms with E-state index in [1.807, 2.05) is 53.5 Å². The molecule has 130 valence electrons. The van der Waals surface area contributed by atoms with Crippen molar-refractivity contribution < 1.29 is 0 Å². The summed E-state index contributed by atoms with van der Waals surface area (Å²) in [4.78, 5) is 0. The minimum atomic E-state index is 0.0914. The summed E-state index contributed by atoms with van der Waals surface area (Å²) in [5.41, 5.74) is 4.20. The first kappa shape index (κ1) is 17.6. The summed E-state index contributed by atoms with van der Waals surface area (Å²) < 4.78 is 1.06. The van der Waals surface area contributed by atoms with Crippen molar-refractivity contribution in [3.05, 3.63) is 98.4 Å². The number of nitrogens with zero attached hydrogens (tertiary/aromatic N) is 2. The smallest absolute Gasteiger partial charge is 0.0832 e. The zero-order valence-corrected chi connectivity index (χ0v) is 16.8. The molecular formula is C21H15BrCl2N2. The number of hydrazone groups is 1. The van der Waals surface area contributed by atoms with Gasteiger partial charge in [0.15, 0.2) is 0 Å². The van der Waals surface area contributed by atoms with Gasteiger partial charge in [0.1, 0.15) is 0 Å². The van der Waals surface area contributed by atoms with Gasteiger partial charge in [0.05, 0.1) is 22.5 Å². The van der Waals surface area contributed by atoms with Gasteiger partial charge in [0.25, 0.3) is 0 Å². The zero-order valence-electron chi connectivity index (χ0n) is 13.7. The van der Waals surface area contributed by atoms with E-state index in [2.05, 4.69) is 40.2 Å². The lowest BCUT2D eigenvalue weighted by atomic mass is 9.98. The summed E-state index contributed by atoms with van der Waals surface area (Å²) in [7, 11) is 0. The summed E-state index contributed by atoms with van der Waals surface area (Å²) in [5, 5.41) is 8.35. The van der Waals surface area contributed by atoms with E-state index in [0.717, 1.165) is 32.9 Å². The number of rotatable bonds is 3. The second-order valence-electron chi connectivity index (χ2n) is 6.12. The van der Waals surface area contributed by atoms with E-state index in [4.69, 9.17) is 28.3 Å². The molecule has 0 bridgehead atoms. The third kappa shape index (κ3) is 3.52. The molecule has 0 fully saturated rings. The van der Waals surface area contributed by atoms with Gasteiger partial charge < -0.3 is 0 Å². The fourth-order valence-electron chi connectivity index (χ4n) is 3.13. The van der Waals surface area contributed by atoms with Crippen molar-refractivity contribution in [3.8, 4) is 0 Å². The van der Waals surface area contributed by atoms with E-state index in [-0.39, 0.29) is 6.04 Å². The Bertz CT molecular complexity index is 953. The molecule has 4 rings (SSSR count). The van der Waals surface area contributed by atoms with Gasteiger partial charge in [-0.1, -0.05) is 75.5 Å². The predicted octanol–water partition coefficient (Wildman–Crippen LogP) is 7.11. The van der Waals surface area contributed by atoms with Crippen LogP contribution >= 0.6 is 39.1 Å². The lowest BCUT2D eigenvalue weighted by Gasteiger charge is -2.24.